The van der Waals surface area contributed by atoms with E-state index in [1.807, 2.05) is 19.1 Å². The molecule has 0 aliphatic carbocycles. The Morgan fingerprint density at radius 3 is 2.41 bits per heavy atom. The molecule has 9 heteroatoms. The van der Waals surface area contributed by atoms with Gasteiger partial charge in [0.15, 0.2) is 6.61 Å². The topological polar surface area (TPSA) is 132 Å². The first-order valence-corrected chi connectivity index (χ1v) is 8.90. The summed E-state index contributed by atoms with van der Waals surface area (Å²) in [5, 5.41) is 9.18. The molecule has 29 heavy (non-hydrogen) atoms. The molecule has 0 saturated carbocycles. The van der Waals surface area contributed by atoms with Gasteiger partial charge in [-0.05, 0) is 48.9 Å². The molecular formula is C20H21N5O4. The van der Waals surface area contributed by atoms with Crippen LogP contribution in [0.3, 0.4) is 0 Å². The van der Waals surface area contributed by atoms with Crippen LogP contribution in [0.1, 0.15) is 40.6 Å². The molecule has 0 radical (unpaired) electrons. The Kier molecular flexibility index (Phi) is 6.08. The Morgan fingerprint density at radius 2 is 1.83 bits per heavy atom. The second-order valence-corrected chi connectivity index (χ2v) is 6.35. The van der Waals surface area contributed by atoms with E-state index in [1.165, 1.54) is 0 Å². The van der Waals surface area contributed by atoms with Gasteiger partial charge in [-0.15, -0.1) is 0 Å². The van der Waals surface area contributed by atoms with Crippen molar-refractivity contribution in [2.24, 2.45) is 5.73 Å². The maximum absolute atomic E-state index is 12.5. The fourth-order valence-electron chi connectivity index (χ4n) is 2.61. The highest BCUT2D eigenvalue weighted by molar-refractivity contribution is 5.94. The molecule has 0 fully saturated rings. The molecule has 1 aromatic heterocycles. The standard InChI is InChI=1S/C20H21N5O4/c1-12(14-3-7-16(8-4-14)24-20(21)27)22-19(26)15-5-9-17(10-6-15)28-11-18-23-13(2)29-25-18/h3-10,12H,11H2,1-2H3,(H,22,26)(H3,21,24,27). The summed E-state index contributed by atoms with van der Waals surface area (Å²) in [7, 11) is 0. The van der Waals surface area contributed by atoms with Crippen molar-refractivity contribution >= 4 is 17.6 Å². The maximum Gasteiger partial charge on any atom is 0.316 e. The van der Waals surface area contributed by atoms with E-state index in [4.69, 9.17) is 15.0 Å². The van der Waals surface area contributed by atoms with Crippen molar-refractivity contribution in [3.05, 3.63) is 71.4 Å². The average molecular weight is 395 g/mol. The van der Waals surface area contributed by atoms with Gasteiger partial charge in [-0.25, -0.2) is 4.79 Å². The first kappa shape index (κ1) is 19.9. The maximum atomic E-state index is 12.5. The van der Waals surface area contributed by atoms with Crippen molar-refractivity contribution in [3.63, 3.8) is 0 Å². The molecule has 0 aliphatic rings. The molecule has 1 heterocycles. The molecule has 1 atom stereocenters. The van der Waals surface area contributed by atoms with Crippen LogP contribution in [0.15, 0.2) is 53.1 Å². The molecule has 150 valence electrons. The molecule has 0 bridgehead atoms. The fourth-order valence-corrected chi connectivity index (χ4v) is 2.61. The Labute approximate surface area is 167 Å². The van der Waals surface area contributed by atoms with E-state index in [0.717, 1.165) is 5.56 Å². The lowest BCUT2D eigenvalue weighted by molar-refractivity contribution is 0.0940. The largest absolute Gasteiger partial charge is 0.485 e. The number of urea groups is 1. The van der Waals surface area contributed by atoms with E-state index in [2.05, 4.69) is 20.8 Å². The molecule has 0 spiro atoms. The van der Waals surface area contributed by atoms with E-state index in [9.17, 15) is 9.59 Å². The third-order valence-electron chi connectivity index (χ3n) is 4.08. The summed E-state index contributed by atoms with van der Waals surface area (Å²) in [6.45, 7) is 3.76. The van der Waals surface area contributed by atoms with Gasteiger partial charge in [0, 0.05) is 18.2 Å². The zero-order chi connectivity index (χ0) is 20.8. The van der Waals surface area contributed by atoms with Crippen molar-refractivity contribution in [2.45, 2.75) is 26.5 Å². The Morgan fingerprint density at radius 1 is 1.14 bits per heavy atom. The number of nitrogens with one attached hydrogen (secondary N) is 2. The van der Waals surface area contributed by atoms with Crippen LogP contribution in [-0.4, -0.2) is 22.1 Å². The van der Waals surface area contributed by atoms with Gasteiger partial charge >= 0.3 is 6.03 Å². The van der Waals surface area contributed by atoms with Crippen molar-refractivity contribution in [2.75, 3.05) is 5.32 Å². The van der Waals surface area contributed by atoms with Crippen molar-refractivity contribution in [1.82, 2.24) is 15.5 Å². The molecule has 0 aliphatic heterocycles. The smallest absolute Gasteiger partial charge is 0.316 e. The molecule has 4 N–H and O–H groups in total. The number of hydrogen-bond acceptors (Lipinski definition) is 6. The summed E-state index contributed by atoms with van der Waals surface area (Å²) >= 11 is 0. The van der Waals surface area contributed by atoms with E-state index < -0.39 is 6.03 Å². The molecule has 1 unspecified atom stereocenters. The second-order valence-electron chi connectivity index (χ2n) is 6.35. The lowest BCUT2D eigenvalue weighted by atomic mass is 10.1. The van der Waals surface area contributed by atoms with E-state index in [-0.39, 0.29) is 18.6 Å². The van der Waals surface area contributed by atoms with E-state index >= 15 is 0 Å². The third-order valence-corrected chi connectivity index (χ3v) is 4.08. The predicted octanol–water partition coefficient (Wildman–Crippen LogP) is 2.94. The molecular weight excluding hydrogens is 374 g/mol. The molecule has 3 aromatic rings. The highest BCUT2D eigenvalue weighted by atomic mass is 16.5. The van der Waals surface area contributed by atoms with Crippen molar-refractivity contribution in [1.29, 1.82) is 0 Å². The fraction of sp³-hybridized carbons (Fsp3) is 0.200. The van der Waals surface area contributed by atoms with Gasteiger partial charge in [-0.3, -0.25) is 4.79 Å². The monoisotopic (exact) mass is 395 g/mol. The first-order chi connectivity index (χ1) is 13.9. The van der Waals surface area contributed by atoms with Crippen LogP contribution in [0.25, 0.3) is 0 Å². The van der Waals surface area contributed by atoms with Crippen molar-refractivity contribution < 1.29 is 18.8 Å². The van der Waals surface area contributed by atoms with E-state index in [0.29, 0.717) is 28.7 Å². The van der Waals surface area contributed by atoms with Crippen LogP contribution in [0, 0.1) is 6.92 Å². The van der Waals surface area contributed by atoms with Crippen LogP contribution in [0.4, 0.5) is 10.5 Å². The van der Waals surface area contributed by atoms with Gasteiger partial charge in [0.25, 0.3) is 5.91 Å². The second kappa shape index (κ2) is 8.87. The third kappa shape index (κ3) is 5.55. The average Bonchev–Trinajstić information content (AvgIpc) is 3.12. The first-order valence-electron chi connectivity index (χ1n) is 8.90. The van der Waals surface area contributed by atoms with Crippen molar-refractivity contribution in [3.8, 4) is 5.75 Å². The summed E-state index contributed by atoms with van der Waals surface area (Å²) in [5.41, 5.74) is 7.07. The number of aryl methyl sites for hydroxylation is 1. The lowest BCUT2D eigenvalue weighted by Gasteiger charge is -2.15. The number of hydrogen-bond donors (Lipinski definition) is 3. The van der Waals surface area contributed by atoms with Crippen LogP contribution in [0.5, 0.6) is 5.75 Å². The van der Waals surface area contributed by atoms with Crippen LogP contribution in [0.2, 0.25) is 0 Å². The lowest BCUT2D eigenvalue weighted by Crippen LogP contribution is -2.26. The Hall–Kier alpha value is -3.88. The zero-order valence-electron chi connectivity index (χ0n) is 16.0. The van der Waals surface area contributed by atoms with Crippen LogP contribution < -0.4 is 21.1 Å². The minimum Gasteiger partial charge on any atom is -0.485 e. The number of anilines is 1. The summed E-state index contributed by atoms with van der Waals surface area (Å²) in [5.74, 6) is 1.31. The quantitative estimate of drug-likeness (QED) is 0.563. The Balaban J connectivity index is 1.54. The minimum absolute atomic E-state index is 0.181. The number of carbonyl (C=O) groups is 2. The Bertz CT molecular complexity index is 983. The number of amides is 3. The summed E-state index contributed by atoms with van der Waals surface area (Å²) in [6, 6.07) is 13.0. The summed E-state index contributed by atoms with van der Waals surface area (Å²) < 4.78 is 10.5. The number of nitrogens with two attached hydrogens (primary N) is 1. The molecule has 0 saturated heterocycles. The highest BCUT2D eigenvalue weighted by Gasteiger charge is 2.12. The predicted molar refractivity (Wildman–Crippen MR) is 105 cm³/mol. The number of nitrogens with zero attached hydrogens (tertiary/aromatic N) is 2. The normalized spacial score (nSPS) is 11.5. The van der Waals surface area contributed by atoms with Gasteiger partial charge in [0.2, 0.25) is 11.7 Å². The van der Waals surface area contributed by atoms with Gasteiger partial charge in [-0.2, -0.15) is 4.98 Å². The molecule has 9 nitrogen and oxygen atoms in total. The highest BCUT2D eigenvalue weighted by Crippen LogP contribution is 2.18. The number of benzene rings is 2. The zero-order valence-corrected chi connectivity index (χ0v) is 16.0. The molecule has 2 aromatic carbocycles. The summed E-state index contributed by atoms with van der Waals surface area (Å²) in [6.07, 6.45) is 0. The van der Waals surface area contributed by atoms with Gasteiger partial charge in [-0.1, -0.05) is 17.3 Å². The van der Waals surface area contributed by atoms with Gasteiger partial charge < -0.3 is 25.6 Å². The van der Waals surface area contributed by atoms with Crippen LogP contribution >= 0.6 is 0 Å². The SMILES string of the molecule is Cc1nc(COc2ccc(C(=O)NC(C)c3ccc(NC(N)=O)cc3)cc2)no1. The molecule has 3 amide bonds. The molecule has 3 rings (SSSR count). The number of aromatic nitrogens is 2. The van der Waals surface area contributed by atoms with Gasteiger partial charge in [0.1, 0.15) is 5.75 Å². The number of ether oxygens (including phenoxy) is 1. The number of primary amides is 1. The van der Waals surface area contributed by atoms with E-state index in [1.54, 1.807) is 43.3 Å². The summed E-state index contributed by atoms with van der Waals surface area (Å²) in [4.78, 5) is 27.4. The van der Waals surface area contributed by atoms with Gasteiger partial charge in [0.05, 0.1) is 6.04 Å². The number of carbonyl (C=O) groups excluding carboxylic acids is 2. The minimum atomic E-state index is -0.626. The van der Waals surface area contributed by atoms with Crippen LogP contribution in [-0.2, 0) is 6.61 Å². The number of rotatable bonds is 7.